The normalized spacial score (nSPS) is 12.2. The monoisotopic (exact) mass is 454 g/mol. The van der Waals surface area contributed by atoms with Crippen molar-refractivity contribution >= 4 is 26.6 Å². The SMILES string of the molecule is COC(=O)Cc1cc2ccc(F)cc2c(Cc2ccc(S(=O)(=O)C(F)(F)F)cc2)c1C. The van der Waals surface area contributed by atoms with Gasteiger partial charge in [-0.25, -0.2) is 12.8 Å². The van der Waals surface area contributed by atoms with Gasteiger partial charge in [0.25, 0.3) is 9.84 Å². The molecule has 0 radical (unpaired) electrons. The molecule has 0 aliphatic carbocycles. The van der Waals surface area contributed by atoms with Crippen LogP contribution in [0.25, 0.3) is 10.8 Å². The summed E-state index contributed by atoms with van der Waals surface area (Å²) in [6.45, 7) is 1.76. The number of carbonyl (C=O) groups excluding carboxylic acids is 1. The van der Waals surface area contributed by atoms with Crippen LogP contribution in [0, 0.1) is 12.7 Å². The number of ether oxygens (including phenoxy) is 1. The second-order valence-corrected chi connectivity index (χ2v) is 8.97. The van der Waals surface area contributed by atoms with Crippen LogP contribution < -0.4 is 0 Å². The minimum absolute atomic E-state index is 0.00537. The Morgan fingerprint density at radius 2 is 1.68 bits per heavy atom. The van der Waals surface area contributed by atoms with Gasteiger partial charge in [0.1, 0.15) is 5.82 Å². The van der Waals surface area contributed by atoms with Gasteiger partial charge in [0, 0.05) is 0 Å². The van der Waals surface area contributed by atoms with Crippen LogP contribution in [0.1, 0.15) is 22.3 Å². The van der Waals surface area contributed by atoms with Crippen LogP contribution in [0.15, 0.2) is 53.4 Å². The topological polar surface area (TPSA) is 60.4 Å². The molecule has 0 saturated heterocycles. The molecule has 0 amide bonds. The maximum atomic E-state index is 13.9. The molecule has 3 rings (SSSR count). The Labute approximate surface area is 176 Å². The van der Waals surface area contributed by atoms with Gasteiger partial charge in [0.2, 0.25) is 0 Å². The summed E-state index contributed by atoms with van der Waals surface area (Å²) < 4.78 is 80.0. The van der Waals surface area contributed by atoms with Crippen molar-refractivity contribution in [3.8, 4) is 0 Å². The molecule has 3 aromatic rings. The lowest BCUT2D eigenvalue weighted by atomic mass is 9.90. The van der Waals surface area contributed by atoms with Gasteiger partial charge in [0.05, 0.1) is 18.4 Å². The van der Waals surface area contributed by atoms with Crippen molar-refractivity contribution in [3.63, 3.8) is 0 Å². The number of benzene rings is 3. The van der Waals surface area contributed by atoms with Crippen LogP contribution >= 0.6 is 0 Å². The van der Waals surface area contributed by atoms with E-state index in [0.717, 1.165) is 17.7 Å². The molecule has 0 heterocycles. The van der Waals surface area contributed by atoms with Crippen LogP contribution in [0.4, 0.5) is 17.6 Å². The number of alkyl halides is 3. The first kappa shape index (κ1) is 22.7. The summed E-state index contributed by atoms with van der Waals surface area (Å²) in [6.07, 6.45) is 0.207. The zero-order valence-corrected chi connectivity index (χ0v) is 17.4. The molecular weight excluding hydrogens is 436 g/mol. The van der Waals surface area contributed by atoms with Gasteiger partial charge in [-0.05, 0) is 70.6 Å². The number of carbonyl (C=O) groups is 1. The van der Waals surface area contributed by atoms with E-state index in [1.807, 2.05) is 0 Å². The maximum Gasteiger partial charge on any atom is 0.501 e. The summed E-state index contributed by atoms with van der Waals surface area (Å²) in [4.78, 5) is 10.9. The molecule has 0 unspecified atom stereocenters. The Kier molecular flexibility index (Phi) is 6.09. The molecule has 31 heavy (non-hydrogen) atoms. The van der Waals surface area contributed by atoms with Crippen LogP contribution in [0.2, 0.25) is 0 Å². The molecule has 0 aliphatic heterocycles. The van der Waals surface area contributed by atoms with E-state index in [-0.39, 0.29) is 12.8 Å². The van der Waals surface area contributed by atoms with Crippen molar-refractivity contribution in [2.45, 2.75) is 30.2 Å². The molecule has 9 heteroatoms. The third-order valence-corrected chi connectivity index (χ3v) is 6.59. The average molecular weight is 454 g/mol. The predicted octanol–water partition coefficient (Wildman–Crippen LogP) is 4.89. The first-order valence-corrected chi connectivity index (χ1v) is 10.6. The van der Waals surface area contributed by atoms with Crippen LogP contribution in [0.5, 0.6) is 0 Å². The van der Waals surface area contributed by atoms with Crippen molar-refractivity contribution in [1.82, 2.24) is 0 Å². The predicted molar refractivity (Wildman–Crippen MR) is 107 cm³/mol. The first-order chi connectivity index (χ1) is 14.4. The number of esters is 1. The van der Waals surface area contributed by atoms with Crippen molar-refractivity contribution in [2.24, 2.45) is 0 Å². The Balaban J connectivity index is 2.07. The number of fused-ring (bicyclic) bond motifs is 1. The quantitative estimate of drug-likeness (QED) is 0.407. The third-order valence-electron chi connectivity index (χ3n) is 5.09. The summed E-state index contributed by atoms with van der Waals surface area (Å²) in [7, 11) is -4.17. The smallest absolute Gasteiger partial charge is 0.469 e. The van der Waals surface area contributed by atoms with Gasteiger partial charge < -0.3 is 4.74 Å². The Morgan fingerprint density at radius 1 is 1.03 bits per heavy atom. The van der Waals surface area contributed by atoms with E-state index in [0.29, 0.717) is 27.5 Å². The Morgan fingerprint density at radius 3 is 2.26 bits per heavy atom. The van der Waals surface area contributed by atoms with E-state index < -0.39 is 32.0 Å². The van der Waals surface area contributed by atoms with Gasteiger partial charge in [-0.2, -0.15) is 13.2 Å². The Hall–Kier alpha value is -2.94. The molecule has 3 aromatic carbocycles. The number of halogens is 4. The summed E-state index contributed by atoms with van der Waals surface area (Å²) in [6, 6.07) is 10.4. The summed E-state index contributed by atoms with van der Waals surface area (Å²) in [5.74, 6) is -0.905. The van der Waals surface area contributed by atoms with E-state index in [9.17, 15) is 30.8 Å². The van der Waals surface area contributed by atoms with E-state index in [4.69, 9.17) is 4.74 Å². The number of rotatable bonds is 5. The molecule has 0 aromatic heterocycles. The van der Waals surface area contributed by atoms with Crippen molar-refractivity contribution in [2.75, 3.05) is 7.11 Å². The van der Waals surface area contributed by atoms with E-state index in [1.165, 1.54) is 31.4 Å². The molecule has 0 aliphatic rings. The molecule has 0 spiro atoms. The first-order valence-electron chi connectivity index (χ1n) is 9.11. The molecule has 164 valence electrons. The van der Waals surface area contributed by atoms with Crippen molar-refractivity contribution < 1.29 is 35.5 Å². The van der Waals surface area contributed by atoms with Gasteiger partial charge in [0.15, 0.2) is 0 Å². The lowest BCUT2D eigenvalue weighted by molar-refractivity contribution is -0.139. The molecule has 0 N–H and O–H groups in total. The minimum Gasteiger partial charge on any atom is -0.469 e. The largest absolute Gasteiger partial charge is 0.501 e. The van der Waals surface area contributed by atoms with Crippen molar-refractivity contribution in [1.29, 1.82) is 0 Å². The minimum atomic E-state index is -5.44. The number of methoxy groups -OCH3 is 1. The fourth-order valence-electron chi connectivity index (χ4n) is 3.37. The van der Waals surface area contributed by atoms with Crippen LogP contribution in [0.3, 0.4) is 0 Å². The zero-order chi connectivity index (χ0) is 23.0. The molecule has 0 bridgehead atoms. The zero-order valence-electron chi connectivity index (χ0n) is 16.6. The van der Waals surface area contributed by atoms with Gasteiger partial charge >= 0.3 is 11.5 Å². The van der Waals surface area contributed by atoms with Gasteiger partial charge in [-0.3, -0.25) is 4.79 Å². The summed E-state index contributed by atoms with van der Waals surface area (Å²) in [5, 5.41) is 1.29. The summed E-state index contributed by atoms with van der Waals surface area (Å²) in [5.41, 5.74) is -2.78. The lowest BCUT2D eigenvalue weighted by Gasteiger charge is -2.16. The van der Waals surface area contributed by atoms with E-state index in [1.54, 1.807) is 19.1 Å². The van der Waals surface area contributed by atoms with Crippen molar-refractivity contribution in [3.05, 3.63) is 76.6 Å². The van der Waals surface area contributed by atoms with Crippen LogP contribution in [-0.2, 0) is 32.2 Å². The average Bonchev–Trinajstić information content (AvgIpc) is 2.71. The highest BCUT2D eigenvalue weighted by Gasteiger charge is 2.46. The fraction of sp³-hybridized carbons (Fsp3) is 0.227. The fourth-order valence-corrected chi connectivity index (χ4v) is 4.13. The van der Waals surface area contributed by atoms with Crippen LogP contribution in [-0.4, -0.2) is 27.0 Å². The molecule has 0 fully saturated rings. The molecule has 0 saturated carbocycles. The highest BCUT2D eigenvalue weighted by molar-refractivity contribution is 7.92. The number of hydrogen-bond acceptors (Lipinski definition) is 4. The second-order valence-electron chi connectivity index (χ2n) is 7.03. The molecular formula is C22H18F4O4S. The Bertz CT molecular complexity index is 1250. The maximum absolute atomic E-state index is 13.9. The standard InChI is InChI=1S/C22H18F4O4S/c1-13-16(11-21(27)30-2)10-15-5-6-17(23)12-20(15)19(13)9-14-3-7-18(8-4-14)31(28,29)22(24,25)26/h3-8,10,12H,9,11H2,1-2H3. The number of sulfone groups is 1. The summed E-state index contributed by atoms with van der Waals surface area (Å²) >= 11 is 0. The lowest BCUT2D eigenvalue weighted by Crippen LogP contribution is -2.23. The van der Waals surface area contributed by atoms with E-state index >= 15 is 0 Å². The third kappa shape index (κ3) is 4.56. The molecule has 4 nitrogen and oxygen atoms in total. The molecule has 0 atom stereocenters. The highest BCUT2D eigenvalue weighted by Crippen LogP contribution is 2.32. The van der Waals surface area contributed by atoms with Gasteiger partial charge in [-0.1, -0.05) is 24.3 Å². The van der Waals surface area contributed by atoms with Gasteiger partial charge in [-0.15, -0.1) is 0 Å². The van der Waals surface area contributed by atoms with E-state index in [2.05, 4.69) is 0 Å². The number of hydrogen-bond donors (Lipinski definition) is 0. The second kappa shape index (κ2) is 8.30. The highest BCUT2D eigenvalue weighted by atomic mass is 32.2.